The van der Waals surface area contributed by atoms with Gasteiger partial charge in [-0.25, -0.2) is 0 Å². The normalized spacial score (nSPS) is 13.9. The van der Waals surface area contributed by atoms with Crippen molar-refractivity contribution >= 4 is 16.6 Å². The van der Waals surface area contributed by atoms with Gasteiger partial charge in [-0.2, -0.15) is 10.1 Å². The largest absolute Gasteiger partial charge is 0.473 e. The van der Waals surface area contributed by atoms with Crippen molar-refractivity contribution in [3.05, 3.63) is 102 Å². The first-order chi connectivity index (χ1) is 22.1. The van der Waals surface area contributed by atoms with Gasteiger partial charge in [-0.15, -0.1) is 0 Å². The number of hydrogen-bond acceptors (Lipinski definition) is 7. The highest BCUT2D eigenvalue weighted by atomic mass is 16.7. The second-order valence-electron chi connectivity index (χ2n) is 11.6. The average molecular weight is 607 g/mol. The number of para-hydroxylation sites is 1. The van der Waals surface area contributed by atoms with Crippen LogP contribution in [0.3, 0.4) is 0 Å². The Balaban J connectivity index is 1.26. The summed E-state index contributed by atoms with van der Waals surface area (Å²) in [5.74, 6) is 1.69. The third kappa shape index (κ3) is 7.30. The third-order valence-corrected chi connectivity index (χ3v) is 8.67. The maximum atomic E-state index is 6.37. The fourth-order valence-corrected chi connectivity index (χ4v) is 6.19. The Morgan fingerprint density at radius 1 is 0.778 bits per heavy atom. The van der Waals surface area contributed by atoms with E-state index in [2.05, 4.69) is 35.2 Å². The SMILES string of the molecule is COC(CCC1CCN(c2cccc3c(-c4ccc(OCc5ccccc5)nc4OCc4ccccc4)nn(C)c23)CC1)OC. The Kier molecular flexibility index (Phi) is 9.92. The highest BCUT2D eigenvalue weighted by Gasteiger charge is 2.25. The van der Waals surface area contributed by atoms with Gasteiger partial charge in [0.15, 0.2) is 6.29 Å². The number of ether oxygens (including phenoxy) is 4. The first-order valence-corrected chi connectivity index (χ1v) is 15.7. The van der Waals surface area contributed by atoms with Crippen molar-refractivity contribution in [1.82, 2.24) is 14.8 Å². The topological polar surface area (TPSA) is 70.9 Å². The van der Waals surface area contributed by atoms with Crippen molar-refractivity contribution in [3.63, 3.8) is 0 Å². The summed E-state index contributed by atoms with van der Waals surface area (Å²) in [6.07, 6.45) is 4.21. The summed E-state index contributed by atoms with van der Waals surface area (Å²) in [4.78, 5) is 7.34. The van der Waals surface area contributed by atoms with Crippen molar-refractivity contribution in [1.29, 1.82) is 0 Å². The lowest BCUT2D eigenvalue weighted by Gasteiger charge is -2.34. The molecule has 0 atom stereocenters. The van der Waals surface area contributed by atoms with Gasteiger partial charge in [-0.05, 0) is 54.9 Å². The summed E-state index contributed by atoms with van der Waals surface area (Å²) in [6.45, 7) is 2.84. The van der Waals surface area contributed by atoms with Crippen LogP contribution in [0.25, 0.3) is 22.2 Å². The molecule has 1 saturated heterocycles. The van der Waals surface area contributed by atoms with Gasteiger partial charge in [0.05, 0.1) is 16.8 Å². The molecule has 2 aromatic heterocycles. The van der Waals surface area contributed by atoms with Gasteiger partial charge in [0.1, 0.15) is 18.9 Å². The maximum absolute atomic E-state index is 6.37. The maximum Gasteiger partial charge on any atom is 0.226 e. The molecule has 0 N–H and O–H groups in total. The lowest BCUT2D eigenvalue weighted by molar-refractivity contribution is -0.109. The number of piperidine rings is 1. The molecule has 234 valence electrons. The minimum atomic E-state index is -0.120. The highest BCUT2D eigenvalue weighted by molar-refractivity contribution is 6.01. The highest BCUT2D eigenvalue weighted by Crippen LogP contribution is 2.39. The van der Waals surface area contributed by atoms with Crippen LogP contribution in [0.4, 0.5) is 5.69 Å². The monoisotopic (exact) mass is 606 g/mol. The molecule has 0 unspecified atom stereocenters. The van der Waals surface area contributed by atoms with Crippen molar-refractivity contribution < 1.29 is 18.9 Å². The number of hydrogen-bond donors (Lipinski definition) is 0. The van der Waals surface area contributed by atoms with Crippen molar-refractivity contribution in [2.75, 3.05) is 32.2 Å². The van der Waals surface area contributed by atoms with E-state index in [0.29, 0.717) is 30.9 Å². The lowest BCUT2D eigenvalue weighted by Crippen LogP contribution is -2.34. The Morgan fingerprint density at radius 2 is 1.44 bits per heavy atom. The van der Waals surface area contributed by atoms with Crippen molar-refractivity contribution in [2.45, 2.75) is 45.2 Å². The fourth-order valence-electron chi connectivity index (χ4n) is 6.19. The van der Waals surface area contributed by atoms with E-state index in [1.54, 1.807) is 14.2 Å². The molecule has 0 spiro atoms. The van der Waals surface area contributed by atoms with E-state index < -0.39 is 0 Å². The Bertz CT molecular complexity index is 1660. The number of aryl methyl sites for hydroxylation is 1. The number of anilines is 1. The van der Waals surface area contributed by atoms with Gasteiger partial charge in [0, 0.05) is 45.8 Å². The predicted octanol–water partition coefficient (Wildman–Crippen LogP) is 7.41. The molecule has 5 aromatic rings. The zero-order chi connectivity index (χ0) is 31.0. The van der Waals surface area contributed by atoms with Gasteiger partial charge >= 0.3 is 0 Å². The molecule has 1 aliphatic heterocycles. The van der Waals surface area contributed by atoms with Gasteiger partial charge in [0.2, 0.25) is 11.8 Å². The molecule has 1 aliphatic rings. The summed E-state index contributed by atoms with van der Waals surface area (Å²) in [5.41, 5.74) is 6.16. The van der Waals surface area contributed by atoms with E-state index in [1.807, 2.05) is 72.4 Å². The molecule has 6 rings (SSSR count). The van der Waals surface area contributed by atoms with E-state index in [-0.39, 0.29) is 6.29 Å². The first-order valence-electron chi connectivity index (χ1n) is 15.7. The quantitative estimate of drug-likeness (QED) is 0.129. The second-order valence-corrected chi connectivity index (χ2v) is 11.6. The van der Waals surface area contributed by atoms with Crippen molar-refractivity contribution in [2.24, 2.45) is 13.0 Å². The predicted molar refractivity (Wildman–Crippen MR) is 177 cm³/mol. The van der Waals surface area contributed by atoms with Crippen molar-refractivity contribution in [3.8, 4) is 23.0 Å². The van der Waals surface area contributed by atoms with E-state index >= 15 is 0 Å². The molecule has 0 amide bonds. The fraction of sp³-hybridized carbons (Fsp3) is 0.351. The standard InChI is InChI=1S/C37H42N4O4/c1-40-36-30(15-10-16-32(36)41-23-21-27(22-24-41)17-20-34(42-2)43-3)35(39-40)31-18-19-33(44-25-28-11-6-4-7-12-28)38-37(31)45-26-29-13-8-5-9-14-29/h4-16,18-19,27,34H,17,20-26H2,1-3H3. The minimum Gasteiger partial charge on any atom is -0.473 e. The van der Waals surface area contributed by atoms with Crippen LogP contribution in [0.1, 0.15) is 36.8 Å². The Hall–Kier alpha value is -4.40. The molecule has 8 heteroatoms. The summed E-state index contributed by atoms with van der Waals surface area (Å²) in [5, 5.41) is 6.11. The van der Waals surface area contributed by atoms with E-state index in [9.17, 15) is 0 Å². The average Bonchev–Trinajstić information content (AvgIpc) is 3.44. The molecular weight excluding hydrogens is 564 g/mol. The molecule has 1 fully saturated rings. The number of rotatable bonds is 13. The van der Waals surface area contributed by atoms with Gasteiger partial charge in [-0.3, -0.25) is 4.68 Å². The number of aromatic nitrogens is 3. The van der Waals surface area contributed by atoms with Crippen LogP contribution in [0.5, 0.6) is 11.8 Å². The molecule has 0 bridgehead atoms. The zero-order valence-corrected chi connectivity index (χ0v) is 26.4. The molecule has 0 aliphatic carbocycles. The molecule has 8 nitrogen and oxygen atoms in total. The molecule has 3 aromatic carbocycles. The Morgan fingerprint density at radius 3 is 2.11 bits per heavy atom. The van der Waals surface area contributed by atoms with E-state index in [1.165, 1.54) is 5.69 Å². The number of methoxy groups -OCH3 is 2. The number of fused-ring (bicyclic) bond motifs is 1. The van der Waals surface area contributed by atoms with Gasteiger partial charge < -0.3 is 23.8 Å². The van der Waals surface area contributed by atoms with Crippen LogP contribution in [0.15, 0.2) is 91.0 Å². The number of pyridine rings is 1. The molecule has 3 heterocycles. The van der Waals surface area contributed by atoms with Gasteiger partial charge in [0.25, 0.3) is 0 Å². The van der Waals surface area contributed by atoms with Crippen LogP contribution in [0, 0.1) is 5.92 Å². The molecule has 0 radical (unpaired) electrons. The van der Waals surface area contributed by atoms with Crippen LogP contribution < -0.4 is 14.4 Å². The molecular formula is C37H42N4O4. The van der Waals surface area contributed by atoms with E-state index in [4.69, 9.17) is 29.0 Å². The molecule has 0 saturated carbocycles. The number of nitrogens with zero attached hydrogens (tertiary/aromatic N) is 4. The van der Waals surface area contributed by atoms with Crippen LogP contribution in [-0.2, 0) is 29.7 Å². The first kappa shape index (κ1) is 30.6. The summed E-state index contributed by atoms with van der Waals surface area (Å²) >= 11 is 0. The summed E-state index contributed by atoms with van der Waals surface area (Å²) < 4.78 is 25.3. The van der Waals surface area contributed by atoms with E-state index in [0.717, 1.165) is 72.1 Å². The lowest BCUT2D eigenvalue weighted by atomic mass is 9.91. The van der Waals surface area contributed by atoms with Crippen LogP contribution >= 0.6 is 0 Å². The third-order valence-electron chi connectivity index (χ3n) is 8.67. The van der Waals surface area contributed by atoms with Crippen LogP contribution in [0.2, 0.25) is 0 Å². The summed E-state index contributed by atoms with van der Waals surface area (Å²) in [7, 11) is 5.44. The zero-order valence-electron chi connectivity index (χ0n) is 26.4. The molecule has 45 heavy (non-hydrogen) atoms. The van der Waals surface area contributed by atoms with Crippen LogP contribution in [-0.4, -0.2) is 48.4 Å². The smallest absolute Gasteiger partial charge is 0.226 e. The minimum absolute atomic E-state index is 0.120. The number of benzene rings is 3. The van der Waals surface area contributed by atoms with Gasteiger partial charge in [-0.1, -0.05) is 72.8 Å². The summed E-state index contributed by atoms with van der Waals surface area (Å²) in [6, 6.07) is 30.6. The Labute approximate surface area is 265 Å². The second kappa shape index (κ2) is 14.6.